The van der Waals surface area contributed by atoms with Crippen molar-refractivity contribution in [3.63, 3.8) is 0 Å². The molecule has 1 saturated heterocycles. The third-order valence-corrected chi connectivity index (χ3v) is 3.68. The van der Waals surface area contributed by atoms with Gasteiger partial charge in [0.05, 0.1) is 6.07 Å². The normalized spacial score (nSPS) is 28.1. The molecule has 0 aromatic carbocycles. The maximum Gasteiger partial charge on any atom is 0.102 e. The second-order valence-corrected chi connectivity index (χ2v) is 5.38. The van der Waals surface area contributed by atoms with Gasteiger partial charge in [0.2, 0.25) is 0 Å². The van der Waals surface area contributed by atoms with E-state index in [1.807, 2.05) is 6.92 Å². The molecule has 92 valence electrons. The van der Waals surface area contributed by atoms with Gasteiger partial charge in [0, 0.05) is 12.1 Å². The number of rotatable bonds is 4. The molecule has 1 aliphatic heterocycles. The van der Waals surface area contributed by atoms with Crippen molar-refractivity contribution in [1.82, 2.24) is 4.90 Å². The first-order valence-corrected chi connectivity index (χ1v) is 6.46. The Morgan fingerprint density at radius 1 is 1.56 bits per heavy atom. The molecule has 0 radical (unpaired) electrons. The lowest BCUT2D eigenvalue weighted by Crippen LogP contribution is -2.49. The van der Waals surface area contributed by atoms with Crippen LogP contribution in [-0.2, 0) is 0 Å². The molecule has 16 heavy (non-hydrogen) atoms. The second-order valence-electron chi connectivity index (χ2n) is 5.38. The van der Waals surface area contributed by atoms with E-state index in [-0.39, 0.29) is 0 Å². The zero-order chi connectivity index (χ0) is 12.2. The highest BCUT2D eigenvalue weighted by Gasteiger charge is 2.29. The van der Waals surface area contributed by atoms with Crippen LogP contribution in [0.15, 0.2) is 0 Å². The first kappa shape index (κ1) is 13.5. The van der Waals surface area contributed by atoms with Crippen LogP contribution in [0, 0.1) is 11.3 Å². The molecule has 0 aliphatic carbocycles. The van der Waals surface area contributed by atoms with E-state index in [1.165, 1.54) is 32.2 Å². The highest BCUT2D eigenvalue weighted by atomic mass is 15.2. The Hall–Kier alpha value is -0.590. The number of hydrogen-bond donors (Lipinski definition) is 1. The van der Waals surface area contributed by atoms with Gasteiger partial charge in [-0.25, -0.2) is 0 Å². The highest BCUT2D eigenvalue weighted by molar-refractivity contribution is 5.03. The molecule has 3 unspecified atom stereocenters. The minimum Gasteiger partial charge on any atom is -0.314 e. The molecule has 0 saturated carbocycles. The van der Waals surface area contributed by atoms with Gasteiger partial charge in [-0.1, -0.05) is 13.3 Å². The predicted molar refractivity (Wildman–Crippen MR) is 66.9 cm³/mol. The summed E-state index contributed by atoms with van der Waals surface area (Å²) in [6.45, 7) is 7.45. The fourth-order valence-corrected chi connectivity index (χ4v) is 2.82. The van der Waals surface area contributed by atoms with Crippen molar-refractivity contribution >= 4 is 0 Å². The minimum absolute atomic E-state index is 0.417. The van der Waals surface area contributed by atoms with Gasteiger partial charge >= 0.3 is 0 Å². The monoisotopic (exact) mass is 223 g/mol. The first-order valence-electron chi connectivity index (χ1n) is 6.46. The molecule has 1 fully saturated rings. The lowest BCUT2D eigenvalue weighted by Gasteiger charge is -2.41. The molecule has 0 aromatic heterocycles. The lowest BCUT2D eigenvalue weighted by molar-refractivity contribution is 0.0884. The Bertz CT molecular complexity index is 254. The molecule has 0 amide bonds. The third-order valence-electron chi connectivity index (χ3n) is 3.68. The summed E-state index contributed by atoms with van der Waals surface area (Å²) in [5.41, 5.74) is 5.24. The van der Waals surface area contributed by atoms with Gasteiger partial charge in [-0.05, 0) is 46.1 Å². The van der Waals surface area contributed by atoms with E-state index in [2.05, 4.69) is 24.8 Å². The van der Waals surface area contributed by atoms with E-state index in [9.17, 15) is 0 Å². The van der Waals surface area contributed by atoms with Gasteiger partial charge in [-0.15, -0.1) is 0 Å². The van der Waals surface area contributed by atoms with Crippen LogP contribution < -0.4 is 5.73 Å². The van der Waals surface area contributed by atoms with Gasteiger partial charge < -0.3 is 5.73 Å². The van der Waals surface area contributed by atoms with E-state index in [0.29, 0.717) is 12.1 Å². The van der Waals surface area contributed by atoms with Crippen molar-refractivity contribution in [1.29, 1.82) is 5.26 Å². The van der Waals surface area contributed by atoms with Gasteiger partial charge in [0.25, 0.3) is 0 Å². The van der Waals surface area contributed by atoms with Crippen molar-refractivity contribution < 1.29 is 0 Å². The van der Waals surface area contributed by atoms with Gasteiger partial charge in [-0.2, -0.15) is 5.26 Å². The molecule has 1 aliphatic rings. The van der Waals surface area contributed by atoms with E-state index in [1.54, 1.807) is 0 Å². The highest BCUT2D eigenvalue weighted by Crippen LogP contribution is 2.24. The van der Waals surface area contributed by atoms with E-state index in [4.69, 9.17) is 11.0 Å². The lowest BCUT2D eigenvalue weighted by atomic mass is 9.91. The van der Waals surface area contributed by atoms with Crippen LogP contribution in [0.1, 0.15) is 52.9 Å². The average molecular weight is 223 g/mol. The standard InChI is InChI=1S/C13H25N3/c1-4-12-7-5-6-8-16(12)11(2)9-13(3,15)10-14/h11-12H,4-9,15H2,1-3H3. The zero-order valence-electron chi connectivity index (χ0n) is 10.9. The largest absolute Gasteiger partial charge is 0.314 e. The summed E-state index contributed by atoms with van der Waals surface area (Å²) in [5.74, 6) is 0. The number of likely N-dealkylation sites (tertiary alicyclic amines) is 1. The van der Waals surface area contributed by atoms with Crippen molar-refractivity contribution in [3.05, 3.63) is 0 Å². The Kier molecular flexibility index (Phi) is 4.76. The van der Waals surface area contributed by atoms with Crippen molar-refractivity contribution in [3.8, 4) is 6.07 Å². The van der Waals surface area contributed by atoms with Gasteiger partial charge in [0.15, 0.2) is 0 Å². The van der Waals surface area contributed by atoms with Crippen molar-refractivity contribution in [2.45, 2.75) is 70.5 Å². The summed E-state index contributed by atoms with van der Waals surface area (Å²) in [6, 6.07) is 3.30. The Morgan fingerprint density at radius 2 is 2.25 bits per heavy atom. The molecular weight excluding hydrogens is 198 g/mol. The summed E-state index contributed by atoms with van der Waals surface area (Å²) in [4.78, 5) is 2.55. The number of nitrogens with zero attached hydrogens (tertiary/aromatic N) is 2. The summed E-state index contributed by atoms with van der Waals surface area (Å²) in [6.07, 6.45) is 5.90. The topological polar surface area (TPSA) is 53.0 Å². The SMILES string of the molecule is CCC1CCCCN1C(C)CC(C)(N)C#N. The third kappa shape index (κ3) is 3.47. The van der Waals surface area contributed by atoms with Crippen LogP contribution >= 0.6 is 0 Å². The number of nitrogens with two attached hydrogens (primary N) is 1. The second kappa shape index (κ2) is 5.65. The summed E-state index contributed by atoms with van der Waals surface area (Å²) in [5, 5.41) is 8.97. The number of piperidine rings is 1. The van der Waals surface area contributed by atoms with Crippen LogP contribution in [0.2, 0.25) is 0 Å². The Morgan fingerprint density at radius 3 is 2.81 bits per heavy atom. The molecular formula is C13H25N3. The maximum atomic E-state index is 8.97. The molecule has 3 nitrogen and oxygen atoms in total. The van der Waals surface area contributed by atoms with Crippen molar-refractivity contribution in [2.24, 2.45) is 5.73 Å². The molecule has 3 heteroatoms. The van der Waals surface area contributed by atoms with Crippen LogP contribution in [0.3, 0.4) is 0 Å². The van der Waals surface area contributed by atoms with E-state index < -0.39 is 5.54 Å². The molecule has 0 bridgehead atoms. The quantitative estimate of drug-likeness (QED) is 0.795. The molecule has 0 aromatic rings. The Balaban J connectivity index is 2.58. The first-order chi connectivity index (χ1) is 7.50. The molecule has 3 atom stereocenters. The molecule has 1 heterocycles. The van der Waals surface area contributed by atoms with Crippen molar-refractivity contribution in [2.75, 3.05) is 6.54 Å². The van der Waals surface area contributed by atoms with Crippen LogP contribution in [0.5, 0.6) is 0 Å². The molecule has 2 N–H and O–H groups in total. The average Bonchev–Trinajstić information content (AvgIpc) is 2.28. The predicted octanol–water partition coefficient (Wildman–Crippen LogP) is 2.27. The summed E-state index contributed by atoms with van der Waals surface area (Å²) in [7, 11) is 0. The van der Waals surface area contributed by atoms with Crippen LogP contribution in [-0.4, -0.2) is 29.1 Å². The maximum absolute atomic E-state index is 8.97. The minimum atomic E-state index is -0.685. The number of hydrogen-bond acceptors (Lipinski definition) is 3. The van der Waals surface area contributed by atoms with E-state index >= 15 is 0 Å². The smallest absolute Gasteiger partial charge is 0.102 e. The fraction of sp³-hybridized carbons (Fsp3) is 0.923. The molecule has 1 rings (SSSR count). The zero-order valence-corrected chi connectivity index (χ0v) is 10.9. The summed E-state index contributed by atoms with van der Waals surface area (Å²) < 4.78 is 0. The van der Waals surface area contributed by atoms with Crippen LogP contribution in [0.25, 0.3) is 0 Å². The summed E-state index contributed by atoms with van der Waals surface area (Å²) >= 11 is 0. The van der Waals surface area contributed by atoms with Gasteiger partial charge in [-0.3, -0.25) is 4.90 Å². The van der Waals surface area contributed by atoms with Gasteiger partial charge in [0.1, 0.15) is 5.54 Å². The van der Waals surface area contributed by atoms with E-state index in [0.717, 1.165) is 6.42 Å². The molecule has 0 spiro atoms. The van der Waals surface area contributed by atoms with Crippen LogP contribution in [0.4, 0.5) is 0 Å². The fourth-order valence-electron chi connectivity index (χ4n) is 2.82. The number of nitriles is 1. The Labute approximate surface area is 99.6 Å².